The van der Waals surface area contributed by atoms with Crippen molar-refractivity contribution in [2.45, 2.75) is 54.8 Å². The molecule has 2 heterocycles. The Hall–Kier alpha value is -1.96. The summed E-state index contributed by atoms with van der Waals surface area (Å²) in [4.78, 5) is 0. The summed E-state index contributed by atoms with van der Waals surface area (Å²) in [6, 6.07) is 8.63. The lowest BCUT2D eigenvalue weighted by atomic mass is 9.88. The highest BCUT2D eigenvalue weighted by Crippen LogP contribution is 2.48. The maximum Gasteiger partial charge on any atom is 0.128 e. The molecular formula is C20H26O2. The lowest BCUT2D eigenvalue weighted by molar-refractivity contribution is 0.277. The zero-order chi connectivity index (χ0) is 16.3. The molecule has 2 aromatic carbocycles. The van der Waals surface area contributed by atoms with E-state index in [4.69, 9.17) is 9.47 Å². The lowest BCUT2D eigenvalue weighted by Gasteiger charge is -2.30. The quantitative estimate of drug-likeness (QED) is 0.611. The second kappa shape index (κ2) is 6.87. The smallest absolute Gasteiger partial charge is 0.128 e. The van der Waals surface area contributed by atoms with E-state index < -0.39 is 0 Å². The second-order valence-corrected chi connectivity index (χ2v) is 5.17. The molecule has 2 nitrogen and oxygen atoms in total. The van der Waals surface area contributed by atoms with Crippen molar-refractivity contribution in [3.63, 3.8) is 0 Å². The van der Waals surface area contributed by atoms with Crippen molar-refractivity contribution in [3.8, 4) is 22.6 Å². The van der Waals surface area contributed by atoms with Crippen LogP contribution in [0.5, 0.6) is 11.5 Å². The van der Waals surface area contributed by atoms with Crippen LogP contribution in [0.15, 0.2) is 24.3 Å². The van der Waals surface area contributed by atoms with Crippen molar-refractivity contribution < 1.29 is 9.47 Å². The van der Waals surface area contributed by atoms with Gasteiger partial charge in [-0.15, -0.1) is 0 Å². The Bertz CT molecular complexity index is 562. The van der Waals surface area contributed by atoms with Crippen LogP contribution >= 0.6 is 0 Å². The van der Waals surface area contributed by atoms with Crippen molar-refractivity contribution in [2.75, 3.05) is 0 Å². The van der Waals surface area contributed by atoms with Gasteiger partial charge in [0.25, 0.3) is 0 Å². The van der Waals surface area contributed by atoms with Gasteiger partial charge in [0.05, 0.1) is 0 Å². The predicted molar refractivity (Wildman–Crippen MR) is 92.7 cm³/mol. The largest absolute Gasteiger partial charge is 0.488 e. The van der Waals surface area contributed by atoms with Gasteiger partial charge in [0.1, 0.15) is 24.7 Å². The number of hydrogen-bond donors (Lipinski definition) is 0. The van der Waals surface area contributed by atoms with Crippen molar-refractivity contribution in [1.82, 2.24) is 0 Å². The van der Waals surface area contributed by atoms with E-state index in [1.807, 2.05) is 27.7 Å². The van der Waals surface area contributed by atoms with Gasteiger partial charge in [-0.1, -0.05) is 39.8 Å². The normalized spacial score (nSPS) is 12.5. The summed E-state index contributed by atoms with van der Waals surface area (Å²) in [7, 11) is 0. The molecule has 2 aromatic rings. The van der Waals surface area contributed by atoms with Crippen LogP contribution in [0.2, 0.25) is 0 Å². The first-order chi connectivity index (χ1) is 10.7. The maximum atomic E-state index is 5.90. The van der Waals surface area contributed by atoms with Gasteiger partial charge in [-0.2, -0.15) is 0 Å². The standard InChI is InChI=1S/C16H14O2.2C2H6/c1-9-3-11-7-18-14-6-10(2)4-12-8-17-13(5-9)15(11)16(12)14;2*1-2/h3-6H,7-8H2,1-2H3;2*1-2H3. The molecule has 0 saturated carbocycles. The molecule has 0 radical (unpaired) electrons. The number of benzene rings is 2. The summed E-state index contributed by atoms with van der Waals surface area (Å²) in [5.41, 5.74) is 7.41. The Morgan fingerprint density at radius 1 is 0.636 bits per heavy atom. The third-order valence-corrected chi connectivity index (χ3v) is 3.67. The summed E-state index contributed by atoms with van der Waals surface area (Å²) in [5, 5.41) is 0. The molecular weight excluding hydrogens is 272 g/mol. The van der Waals surface area contributed by atoms with E-state index in [0.29, 0.717) is 13.2 Å². The van der Waals surface area contributed by atoms with Crippen LogP contribution in [0, 0.1) is 13.8 Å². The molecule has 22 heavy (non-hydrogen) atoms. The third-order valence-electron chi connectivity index (χ3n) is 3.67. The van der Waals surface area contributed by atoms with Crippen LogP contribution < -0.4 is 9.47 Å². The number of aryl methyl sites for hydroxylation is 2. The Kier molecular flexibility index (Phi) is 5.12. The van der Waals surface area contributed by atoms with Gasteiger partial charge < -0.3 is 9.47 Å². The fourth-order valence-electron chi connectivity index (χ4n) is 2.99. The van der Waals surface area contributed by atoms with Crippen LogP contribution in [-0.4, -0.2) is 0 Å². The van der Waals surface area contributed by atoms with Crippen molar-refractivity contribution >= 4 is 0 Å². The molecule has 0 bridgehead atoms. The van der Waals surface area contributed by atoms with Crippen molar-refractivity contribution in [1.29, 1.82) is 0 Å². The van der Waals surface area contributed by atoms with Crippen LogP contribution in [0.1, 0.15) is 49.9 Å². The van der Waals surface area contributed by atoms with Gasteiger partial charge in [0.15, 0.2) is 0 Å². The summed E-state index contributed by atoms with van der Waals surface area (Å²) >= 11 is 0. The first kappa shape index (κ1) is 16.4. The Balaban J connectivity index is 0.000000410. The van der Waals surface area contributed by atoms with Gasteiger partial charge in [-0.25, -0.2) is 0 Å². The van der Waals surface area contributed by atoms with Crippen LogP contribution in [0.4, 0.5) is 0 Å². The monoisotopic (exact) mass is 298 g/mol. The third kappa shape index (κ3) is 2.70. The number of rotatable bonds is 0. The SMILES string of the molecule is CC.CC.Cc1cc2c3c(c1)OCc1cc(C)cc(c1-3)OC2. The summed E-state index contributed by atoms with van der Waals surface area (Å²) in [6.07, 6.45) is 0. The maximum absolute atomic E-state index is 5.90. The number of hydrogen-bond acceptors (Lipinski definition) is 2. The van der Waals surface area contributed by atoms with E-state index in [9.17, 15) is 0 Å². The summed E-state index contributed by atoms with van der Waals surface area (Å²) in [5.74, 6) is 2.01. The molecule has 0 aliphatic carbocycles. The average molecular weight is 298 g/mol. The summed E-state index contributed by atoms with van der Waals surface area (Å²) in [6.45, 7) is 13.5. The van der Waals surface area contributed by atoms with Crippen molar-refractivity contribution in [3.05, 3.63) is 46.5 Å². The van der Waals surface area contributed by atoms with Crippen LogP contribution in [0.3, 0.4) is 0 Å². The topological polar surface area (TPSA) is 18.5 Å². The molecule has 0 unspecified atom stereocenters. The molecule has 0 N–H and O–H groups in total. The first-order valence-electron chi connectivity index (χ1n) is 8.25. The van der Waals surface area contributed by atoms with Crippen LogP contribution in [-0.2, 0) is 13.2 Å². The second-order valence-electron chi connectivity index (χ2n) is 5.17. The van der Waals surface area contributed by atoms with Gasteiger partial charge in [-0.3, -0.25) is 0 Å². The fourth-order valence-corrected chi connectivity index (χ4v) is 2.99. The van der Waals surface area contributed by atoms with Crippen molar-refractivity contribution in [2.24, 2.45) is 0 Å². The predicted octanol–water partition coefficient (Wildman–Crippen LogP) is 5.81. The lowest BCUT2D eigenvalue weighted by Crippen LogP contribution is -2.14. The molecule has 0 spiro atoms. The van der Waals surface area contributed by atoms with E-state index in [-0.39, 0.29) is 0 Å². The van der Waals surface area contributed by atoms with E-state index in [1.165, 1.54) is 33.4 Å². The zero-order valence-corrected chi connectivity index (χ0v) is 14.5. The Morgan fingerprint density at radius 3 is 1.36 bits per heavy atom. The van der Waals surface area contributed by atoms with Gasteiger partial charge in [-0.05, 0) is 37.1 Å². The highest BCUT2D eigenvalue weighted by Gasteiger charge is 2.28. The molecule has 0 fully saturated rings. The van der Waals surface area contributed by atoms with Gasteiger partial charge in [0, 0.05) is 22.3 Å². The Morgan fingerprint density at radius 2 is 1.00 bits per heavy atom. The molecule has 0 saturated heterocycles. The first-order valence-corrected chi connectivity index (χ1v) is 8.25. The van der Waals surface area contributed by atoms with E-state index in [1.54, 1.807) is 0 Å². The average Bonchev–Trinajstić information content (AvgIpc) is 2.55. The van der Waals surface area contributed by atoms with E-state index >= 15 is 0 Å². The molecule has 118 valence electrons. The highest BCUT2D eigenvalue weighted by molar-refractivity contribution is 5.84. The summed E-state index contributed by atoms with van der Waals surface area (Å²) < 4.78 is 11.8. The fraction of sp³-hybridized carbons (Fsp3) is 0.400. The Labute approximate surface area is 134 Å². The zero-order valence-electron chi connectivity index (χ0n) is 14.5. The number of ether oxygens (including phenoxy) is 2. The highest BCUT2D eigenvalue weighted by atomic mass is 16.5. The molecule has 0 aromatic heterocycles. The molecule has 0 amide bonds. The minimum atomic E-state index is 0.642. The minimum absolute atomic E-state index is 0.642. The molecule has 0 atom stereocenters. The van der Waals surface area contributed by atoms with Gasteiger partial charge in [0.2, 0.25) is 0 Å². The van der Waals surface area contributed by atoms with E-state index in [0.717, 1.165) is 11.5 Å². The van der Waals surface area contributed by atoms with Gasteiger partial charge >= 0.3 is 0 Å². The molecule has 2 aliphatic heterocycles. The molecule has 4 rings (SSSR count). The minimum Gasteiger partial charge on any atom is -0.488 e. The van der Waals surface area contributed by atoms with E-state index in [2.05, 4.69) is 38.1 Å². The molecule has 2 aliphatic rings. The van der Waals surface area contributed by atoms with Crippen LogP contribution in [0.25, 0.3) is 11.1 Å². The molecule has 2 heteroatoms.